The Balaban J connectivity index is 1.99. The van der Waals surface area contributed by atoms with Crippen LogP contribution < -0.4 is 5.32 Å². The number of hydrogen-bond acceptors (Lipinski definition) is 3. The Kier molecular flexibility index (Phi) is 5.12. The van der Waals surface area contributed by atoms with Gasteiger partial charge in [0, 0.05) is 12.6 Å². The molecule has 21 heavy (non-hydrogen) atoms. The van der Waals surface area contributed by atoms with Crippen molar-refractivity contribution < 1.29 is 9.59 Å². The van der Waals surface area contributed by atoms with Crippen molar-refractivity contribution in [3.05, 3.63) is 35.4 Å². The van der Waals surface area contributed by atoms with Crippen LogP contribution >= 0.6 is 0 Å². The molecule has 2 rings (SSSR count). The lowest BCUT2D eigenvalue weighted by molar-refractivity contribution is -0.141. The lowest BCUT2D eigenvalue weighted by atomic mass is 10.1. The summed E-state index contributed by atoms with van der Waals surface area (Å²) in [6.45, 7) is 6.69. The number of likely N-dealkylation sites (tertiary alicyclic amines) is 1. The summed E-state index contributed by atoms with van der Waals surface area (Å²) < 4.78 is 0. The number of carbonyl (C=O) groups excluding carboxylic acids is 2. The normalized spacial score (nSPS) is 18.9. The minimum Gasteiger partial charge on any atom is -0.301 e. The van der Waals surface area contributed by atoms with Gasteiger partial charge < -0.3 is 5.32 Å². The van der Waals surface area contributed by atoms with Crippen LogP contribution in [-0.2, 0) is 16.1 Å². The topological polar surface area (TPSA) is 49.4 Å². The maximum absolute atomic E-state index is 12.4. The van der Waals surface area contributed by atoms with Gasteiger partial charge >= 0.3 is 0 Å². The van der Waals surface area contributed by atoms with Crippen LogP contribution in [0.5, 0.6) is 0 Å². The smallest absolute Gasteiger partial charge is 0.247 e. The fourth-order valence-electron chi connectivity index (χ4n) is 2.91. The van der Waals surface area contributed by atoms with Gasteiger partial charge in [-0.05, 0) is 25.3 Å². The van der Waals surface area contributed by atoms with Crippen molar-refractivity contribution in [3.63, 3.8) is 0 Å². The Labute approximate surface area is 126 Å². The van der Waals surface area contributed by atoms with Crippen molar-refractivity contribution in [1.82, 2.24) is 10.2 Å². The molecule has 0 radical (unpaired) electrons. The van der Waals surface area contributed by atoms with Gasteiger partial charge in [0.2, 0.25) is 11.8 Å². The molecule has 0 aliphatic carbocycles. The molecule has 1 heterocycles. The Morgan fingerprint density at radius 2 is 2.00 bits per heavy atom. The molecule has 0 spiro atoms. The standard InChI is InChI=1S/C17H24N2O2/c1-4-14(5-2)19-16(20)10-15(17(19)21)18-11-13-8-6-7-12(3)9-13/h6-9,14-15,18H,4-5,10-11H2,1-3H3. The zero-order chi connectivity index (χ0) is 15.4. The second-order valence-electron chi connectivity index (χ2n) is 5.70. The van der Waals surface area contributed by atoms with E-state index in [1.165, 1.54) is 10.5 Å². The van der Waals surface area contributed by atoms with E-state index >= 15 is 0 Å². The van der Waals surface area contributed by atoms with Crippen molar-refractivity contribution in [2.24, 2.45) is 0 Å². The van der Waals surface area contributed by atoms with E-state index in [2.05, 4.69) is 11.4 Å². The summed E-state index contributed by atoms with van der Waals surface area (Å²) in [6.07, 6.45) is 1.91. The van der Waals surface area contributed by atoms with Gasteiger partial charge in [0.1, 0.15) is 0 Å². The molecule has 1 aliphatic rings. The predicted octanol–water partition coefficient (Wildman–Crippen LogP) is 2.40. The number of carbonyl (C=O) groups is 2. The van der Waals surface area contributed by atoms with E-state index in [9.17, 15) is 9.59 Å². The molecule has 114 valence electrons. The molecule has 1 aliphatic heterocycles. The third-order valence-electron chi connectivity index (χ3n) is 4.13. The summed E-state index contributed by atoms with van der Waals surface area (Å²) in [5.41, 5.74) is 2.33. The third kappa shape index (κ3) is 3.50. The molecule has 0 saturated carbocycles. The van der Waals surface area contributed by atoms with Gasteiger partial charge in [0.05, 0.1) is 12.5 Å². The van der Waals surface area contributed by atoms with E-state index in [1.807, 2.05) is 39.0 Å². The molecule has 1 fully saturated rings. The van der Waals surface area contributed by atoms with Crippen molar-refractivity contribution in [2.75, 3.05) is 0 Å². The molecule has 1 saturated heterocycles. The summed E-state index contributed by atoms with van der Waals surface area (Å²) in [7, 11) is 0. The molecule has 0 bridgehead atoms. The number of nitrogens with one attached hydrogen (secondary N) is 1. The highest BCUT2D eigenvalue weighted by atomic mass is 16.2. The number of nitrogens with zero attached hydrogens (tertiary/aromatic N) is 1. The summed E-state index contributed by atoms with van der Waals surface area (Å²) in [5.74, 6) is -0.114. The quantitative estimate of drug-likeness (QED) is 0.818. The fourth-order valence-corrected chi connectivity index (χ4v) is 2.91. The number of rotatable bonds is 6. The van der Waals surface area contributed by atoms with Gasteiger partial charge in [-0.25, -0.2) is 0 Å². The van der Waals surface area contributed by atoms with Crippen molar-refractivity contribution in [3.8, 4) is 0 Å². The predicted molar refractivity (Wildman–Crippen MR) is 82.6 cm³/mol. The van der Waals surface area contributed by atoms with Crippen LogP contribution in [0.15, 0.2) is 24.3 Å². The average Bonchev–Trinajstić information content (AvgIpc) is 2.74. The summed E-state index contributed by atoms with van der Waals surface area (Å²) in [4.78, 5) is 26.0. The van der Waals surface area contributed by atoms with E-state index in [-0.39, 0.29) is 30.3 Å². The zero-order valence-electron chi connectivity index (χ0n) is 13.1. The minimum absolute atomic E-state index is 0.0377. The minimum atomic E-state index is -0.376. The molecule has 1 unspecified atom stereocenters. The Hall–Kier alpha value is -1.68. The molecule has 4 nitrogen and oxygen atoms in total. The molecule has 1 N–H and O–H groups in total. The first-order valence-corrected chi connectivity index (χ1v) is 7.71. The van der Waals surface area contributed by atoms with E-state index in [1.54, 1.807) is 0 Å². The molecule has 1 atom stereocenters. The van der Waals surface area contributed by atoms with Gasteiger partial charge in [-0.15, -0.1) is 0 Å². The number of hydrogen-bond donors (Lipinski definition) is 1. The second-order valence-corrected chi connectivity index (χ2v) is 5.70. The summed E-state index contributed by atoms with van der Waals surface area (Å²) in [6, 6.07) is 7.83. The highest BCUT2D eigenvalue weighted by Crippen LogP contribution is 2.20. The van der Waals surface area contributed by atoms with Crippen LogP contribution in [0.4, 0.5) is 0 Å². The van der Waals surface area contributed by atoms with Crippen molar-refractivity contribution in [1.29, 1.82) is 0 Å². The van der Waals surface area contributed by atoms with Crippen LogP contribution in [0.3, 0.4) is 0 Å². The third-order valence-corrected chi connectivity index (χ3v) is 4.13. The zero-order valence-corrected chi connectivity index (χ0v) is 13.1. The molecule has 1 aromatic rings. The number of aryl methyl sites for hydroxylation is 1. The summed E-state index contributed by atoms with van der Waals surface area (Å²) in [5, 5.41) is 3.23. The number of imide groups is 1. The summed E-state index contributed by atoms with van der Waals surface area (Å²) >= 11 is 0. The maximum atomic E-state index is 12.4. The molecule has 2 amide bonds. The van der Waals surface area contributed by atoms with Crippen LogP contribution in [-0.4, -0.2) is 28.8 Å². The van der Waals surface area contributed by atoms with E-state index in [4.69, 9.17) is 0 Å². The van der Waals surface area contributed by atoms with Crippen LogP contribution in [0.2, 0.25) is 0 Å². The maximum Gasteiger partial charge on any atom is 0.247 e. The van der Waals surface area contributed by atoms with Gasteiger partial charge in [0.25, 0.3) is 0 Å². The first-order valence-electron chi connectivity index (χ1n) is 7.71. The van der Waals surface area contributed by atoms with E-state index in [0.29, 0.717) is 6.54 Å². The second kappa shape index (κ2) is 6.85. The molecule has 1 aromatic carbocycles. The molecular weight excluding hydrogens is 264 g/mol. The number of benzene rings is 1. The van der Waals surface area contributed by atoms with Crippen molar-refractivity contribution >= 4 is 11.8 Å². The van der Waals surface area contributed by atoms with Gasteiger partial charge in [-0.2, -0.15) is 0 Å². The molecule has 0 aromatic heterocycles. The lowest BCUT2D eigenvalue weighted by Crippen LogP contribution is -2.43. The Morgan fingerprint density at radius 3 is 2.62 bits per heavy atom. The van der Waals surface area contributed by atoms with E-state index in [0.717, 1.165) is 18.4 Å². The number of amides is 2. The van der Waals surface area contributed by atoms with Crippen LogP contribution in [0.1, 0.15) is 44.2 Å². The first-order chi connectivity index (χ1) is 10.1. The average molecular weight is 288 g/mol. The van der Waals surface area contributed by atoms with Gasteiger partial charge in [0.15, 0.2) is 0 Å². The molecule has 4 heteroatoms. The Bertz CT molecular complexity index is 523. The lowest BCUT2D eigenvalue weighted by Gasteiger charge is -2.24. The SMILES string of the molecule is CCC(CC)N1C(=O)CC(NCc2cccc(C)c2)C1=O. The highest BCUT2D eigenvalue weighted by molar-refractivity contribution is 6.05. The highest BCUT2D eigenvalue weighted by Gasteiger charge is 2.40. The van der Waals surface area contributed by atoms with Crippen LogP contribution in [0, 0.1) is 6.92 Å². The van der Waals surface area contributed by atoms with Crippen molar-refractivity contribution in [2.45, 2.75) is 58.7 Å². The van der Waals surface area contributed by atoms with Gasteiger partial charge in [-0.1, -0.05) is 43.7 Å². The van der Waals surface area contributed by atoms with E-state index < -0.39 is 0 Å². The fraction of sp³-hybridized carbons (Fsp3) is 0.529. The molecular formula is C17H24N2O2. The first kappa shape index (κ1) is 15.7. The Morgan fingerprint density at radius 1 is 1.29 bits per heavy atom. The van der Waals surface area contributed by atoms with Crippen LogP contribution in [0.25, 0.3) is 0 Å². The largest absolute Gasteiger partial charge is 0.301 e. The monoisotopic (exact) mass is 288 g/mol. The van der Waals surface area contributed by atoms with Gasteiger partial charge in [-0.3, -0.25) is 14.5 Å².